The fraction of sp³-hybridized carbons (Fsp3) is 0.346. The minimum atomic E-state index is -1.31. The number of hydrogen-bond donors (Lipinski definition) is 0. The summed E-state index contributed by atoms with van der Waals surface area (Å²) in [7, 11) is 0. The van der Waals surface area contributed by atoms with Crippen molar-refractivity contribution in [1.82, 2.24) is 4.90 Å². The smallest absolute Gasteiger partial charge is 0.303 e. The number of thioether (sulfide) groups is 1. The topological polar surface area (TPSA) is 126 Å². The molecule has 5 atom stereocenters. The number of hydrogen-bond acceptors (Lipinski definition) is 10. The normalized spacial score (nSPS) is 24.8. The molecule has 11 heteroatoms. The average molecular weight is 528 g/mol. The van der Waals surface area contributed by atoms with Gasteiger partial charge in [0.05, 0.1) is 11.1 Å². The molecule has 0 spiro atoms. The van der Waals surface area contributed by atoms with Crippen molar-refractivity contribution in [2.75, 3.05) is 6.61 Å². The molecule has 1 unspecified atom stereocenters. The molecular weight excluding hydrogens is 502 g/mol. The molecule has 194 valence electrons. The predicted molar refractivity (Wildman–Crippen MR) is 129 cm³/mol. The second kappa shape index (κ2) is 11.1. The largest absolute Gasteiger partial charge is 0.463 e. The zero-order valence-electron chi connectivity index (χ0n) is 20.3. The molecule has 0 aromatic heterocycles. The van der Waals surface area contributed by atoms with Crippen LogP contribution in [0.5, 0.6) is 0 Å². The summed E-state index contributed by atoms with van der Waals surface area (Å²) >= 11 is 1.19. The first-order valence-corrected chi connectivity index (χ1v) is 12.4. The summed E-state index contributed by atoms with van der Waals surface area (Å²) in [6.45, 7) is 3.23. The summed E-state index contributed by atoms with van der Waals surface area (Å²) in [6.07, 6.45) is -3.63. The van der Waals surface area contributed by atoms with Crippen molar-refractivity contribution >= 4 is 41.5 Å². The lowest BCUT2D eigenvalue weighted by molar-refractivity contribution is -0.216. The number of rotatable bonds is 7. The highest BCUT2D eigenvalue weighted by atomic mass is 32.2. The quantitative estimate of drug-likeness (QED) is 0.301. The Morgan fingerprint density at radius 2 is 1.35 bits per heavy atom. The van der Waals surface area contributed by atoms with Crippen LogP contribution in [0.3, 0.4) is 0 Å². The number of esters is 3. The Bertz CT molecular complexity index is 1180. The Balaban J connectivity index is 1.81. The Kier molecular flexibility index (Phi) is 7.94. The van der Waals surface area contributed by atoms with E-state index in [0.717, 1.165) is 16.7 Å². The zero-order chi connectivity index (χ0) is 26.7. The van der Waals surface area contributed by atoms with Crippen LogP contribution in [-0.2, 0) is 33.3 Å². The number of nitrogens with zero attached hydrogens (tertiary/aromatic N) is 1. The van der Waals surface area contributed by atoms with Gasteiger partial charge in [-0.05, 0) is 24.3 Å². The Morgan fingerprint density at radius 3 is 1.89 bits per heavy atom. The van der Waals surface area contributed by atoms with Crippen molar-refractivity contribution in [2.24, 2.45) is 0 Å². The Morgan fingerprint density at radius 1 is 0.811 bits per heavy atom. The second-order valence-electron chi connectivity index (χ2n) is 8.44. The summed E-state index contributed by atoms with van der Waals surface area (Å²) in [5, 5.41) is 0. The molecule has 2 amide bonds. The van der Waals surface area contributed by atoms with Crippen LogP contribution in [0.25, 0.3) is 0 Å². The third kappa shape index (κ3) is 5.67. The highest BCUT2D eigenvalue weighted by Crippen LogP contribution is 2.40. The molecule has 0 aliphatic carbocycles. The van der Waals surface area contributed by atoms with Crippen LogP contribution in [-0.4, -0.2) is 71.0 Å². The number of amides is 2. The Labute approximate surface area is 217 Å². The number of carbonyl (C=O) groups excluding carboxylic acids is 5. The molecule has 0 saturated carbocycles. The molecule has 2 aromatic rings. The first-order valence-electron chi connectivity index (χ1n) is 11.5. The van der Waals surface area contributed by atoms with Gasteiger partial charge < -0.3 is 18.9 Å². The van der Waals surface area contributed by atoms with Gasteiger partial charge in [-0.2, -0.15) is 0 Å². The number of benzene rings is 2. The summed E-state index contributed by atoms with van der Waals surface area (Å²) in [5.74, 6) is -3.21. The van der Waals surface area contributed by atoms with E-state index in [1.165, 1.54) is 37.7 Å². The average Bonchev–Trinajstić information content (AvgIpc) is 3.10. The zero-order valence-corrected chi connectivity index (χ0v) is 21.1. The van der Waals surface area contributed by atoms with Crippen molar-refractivity contribution in [1.29, 1.82) is 0 Å². The summed E-state index contributed by atoms with van der Waals surface area (Å²) in [6, 6.07) is 14.2. The molecule has 2 heterocycles. The summed E-state index contributed by atoms with van der Waals surface area (Å²) < 4.78 is 22.5. The van der Waals surface area contributed by atoms with Crippen molar-refractivity contribution in [3.05, 3.63) is 65.7 Å². The van der Waals surface area contributed by atoms with E-state index in [9.17, 15) is 24.0 Å². The molecule has 37 heavy (non-hydrogen) atoms. The lowest BCUT2D eigenvalue weighted by Crippen LogP contribution is -2.66. The highest BCUT2D eigenvalue weighted by Gasteiger charge is 2.56. The molecule has 0 radical (unpaired) electrons. The van der Waals surface area contributed by atoms with E-state index >= 15 is 0 Å². The maximum absolute atomic E-state index is 13.5. The SMILES string of the molecule is CC(=O)OC[C@H]1OC(Sc2ccccc2)[C@H](N2C(=O)c3ccccc3C2=O)[C@@H](OC(C)=O)[C@H]1OC(C)=O. The van der Waals surface area contributed by atoms with E-state index in [1.807, 2.05) is 30.3 Å². The van der Waals surface area contributed by atoms with Gasteiger partial charge in [0.15, 0.2) is 12.2 Å². The second-order valence-corrected chi connectivity index (χ2v) is 9.61. The van der Waals surface area contributed by atoms with Gasteiger partial charge in [0.25, 0.3) is 11.8 Å². The molecule has 2 aliphatic heterocycles. The van der Waals surface area contributed by atoms with E-state index in [2.05, 4.69) is 0 Å². The fourth-order valence-corrected chi connectivity index (χ4v) is 5.56. The molecule has 1 fully saturated rings. The van der Waals surface area contributed by atoms with Crippen molar-refractivity contribution in [2.45, 2.75) is 55.5 Å². The van der Waals surface area contributed by atoms with Crippen molar-refractivity contribution < 1.29 is 42.9 Å². The molecule has 10 nitrogen and oxygen atoms in total. The predicted octanol–water partition coefficient (Wildman–Crippen LogP) is 2.59. The van der Waals surface area contributed by atoms with E-state index in [1.54, 1.807) is 12.1 Å². The molecule has 1 saturated heterocycles. The third-order valence-electron chi connectivity index (χ3n) is 5.79. The number of ether oxygens (including phenoxy) is 4. The van der Waals surface area contributed by atoms with Gasteiger partial charge in [0, 0.05) is 25.7 Å². The van der Waals surface area contributed by atoms with Gasteiger partial charge >= 0.3 is 17.9 Å². The number of carbonyl (C=O) groups is 5. The monoisotopic (exact) mass is 527 g/mol. The standard InChI is InChI=1S/C26H25NO9S/c1-14(28)33-13-20-22(34-15(2)29)23(35-16(3)30)21(26(36-20)37-17-9-5-4-6-10-17)27-24(31)18-11-7-8-12-19(18)25(27)32/h4-12,20-23,26H,13H2,1-3H3/t20-,21-,22+,23-,26?/m1/s1. The van der Waals surface area contributed by atoms with Crippen LogP contribution in [0.2, 0.25) is 0 Å². The van der Waals surface area contributed by atoms with Crippen LogP contribution in [0.1, 0.15) is 41.5 Å². The van der Waals surface area contributed by atoms with Gasteiger partial charge in [-0.3, -0.25) is 28.9 Å². The van der Waals surface area contributed by atoms with Crippen LogP contribution in [0.15, 0.2) is 59.5 Å². The molecule has 2 aliphatic rings. The first-order chi connectivity index (χ1) is 17.7. The van der Waals surface area contributed by atoms with Gasteiger partial charge in [0.1, 0.15) is 24.2 Å². The first kappa shape index (κ1) is 26.4. The molecule has 0 bridgehead atoms. The van der Waals surface area contributed by atoms with Gasteiger partial charge in [-0.25, -0.2) is 0 Å². The van der Waals surface area contributed by atoms with Crippen molar-refractivity contribution in [3.8, 4) is 0 Å². The fourth-order valence-electron chi connectivity index (χ4n) is 4.37. The van der Waals surface area contributed by atoms with E-state index in [-0.39, 0.29) is 17.7 Å². The molecular formula is C26H25NO9S. The Hall–Kier alpha value is -3.70. The van der Waals surface area contributed by atoms with Crippen LogP contribution in [0, 0.1) is 0 Å². The molecule has 4 rings (SSSR count). The highest BCUT2D eigenvalue weighted by molar-refractivity contribution is 7.99. The number of fused-ring (bicyclic) bond motifs is 1. The van der Waals surface area contributed by atoms with Crippen molar-refractivity contribution in [3.63, 3.8) is 0 Å². The van der Waals surface area contributed by atoms with Crippen LogP contribution in [0.4, 0.5) is 0 Å². The minimum absolute atomic E-state index is 0.198. The minimum Gasteiger partial charge on any atom is -0.463 e. The van der Waals surface area contributed by atoms with E-state index in [4.69, 9.17) is 18.9 Å². The maximum atomic E-state index is 13.5. The van der Waals surface area contributed by atoms with Crippen LogP contribution < -0.4 is 0 Å². The third-order valence-corrected chi connectivity index (χ3v) is 6.96. The molecule has 0 N–H and O–H groups in total. The number of imide groups is 1. The van der Waals surface area contributed by atoms with E-state index in [0.29, 0.717) is 0 Å². The maximum Gasteiger partial charge on any atom is 0.303 e. The van der Waals surface area contributed by atoms with Gasteiger partial charge in [0.2, 0.25) is 0 Å². The summed E-state index contributed by atoms with van der Waals surface area (Å²) in [5.41, 5.74) is -0.575. The summed E-state index contributed by atoms with van der Waals surface area (Å²) in [4.78, 5) is 64.6. The van der Waals surface area contributed by atoms with Gasteiger partial charge in [-0.15, -0.1) is 0 Å². The van der Waals surface area contributed by atoms with E-state index < -0.39 is 59.5 Å². The lowest BCUT2D eigenvalue weighted by Gasteiger charge is -2.47. The van der Waals surface area contributed by atoms with Crippen LogP contribution >= 0.6 is 11.8 Å². The lowest BCUT2D eigenvalue weighted by atomic mass is 9.96. The molecule has 2 aromatic carbocycles. The van der Waals surface area contributed by atoms with Gasteiger partial charge in [-0.1, -0.05) is 42.1 Å².